The zero-order valence-corrected chi connectivity index (χ0v) is 17.6. The van der Waals surface area contributed by atoms with E-state index >= 15 is 0 Å². The number of hydrogen-bond donors (Lipinski definition) is 2. The molecule has 0 radical (unpaired) electrons. The van der Waals surface area contributed by atoms with Crippen molar-refractivity contribution in [3.05, 3.63) is 42.0 Å². The standard InChI is InChI=1S/C19H30N4.HI/c1-5-20-19(22-16(4)15(2)3)21-14-17-8-10-18(11-9-17)23-12-6-7-13-23;/h6-11,15-16H,5,12-14H2,1-4H3,(H2,20,21,22);1H. The summed E-state index contributed by atoms with van der Waals surface area (Å²) in [5.41, 5.74) is 2.51. The molecule has 1 aliphatic rings. The zero-order chi connectivity index (χ0) is 16.7. The minimum absolute atomic E-state index is 0. The quantitative estimate of drug-likeness (QED) is 0.305. The van der Waals surface area contributed by atoms with Crippen LogP contribution in [0.2, 0.25) is 0 Å². The van der Waals surface area contributed by atoms with Crippen LogP contribution in [0.25, 0.3) is 0 Å². The van der Waals surface area contributed by atoms with Gasteiger partial charge in [0.25, 0.3) is 0 Å². The van der Waals surface area contributed by atoms with E-state index < -0.39 is 0 Å². The van der Waals surface area contributed by atoms with Gasteiger partial charge in [0.1, 0.15) is 0 Å². The Morgan fingerprint density at radius 2 is 1.75 bits per heavy atom. The van der Waals surface area contributed by atoms with Crippen LogP contribution in [0.4, 0.5) is 5.69 Å². The molecule has 2 N–H and O–H groups in total. The van der Waals surface area contributed by atoms with E-state index in [2.05, 4.69) is 79.6 Å². The second-order valence-electron chi connectivity index (χ2n) is 6.42. The fraction of sp³-hybridized carbons (Fsp3) is 0.526. The van der Waals surface area contributed by atoms with Crippen LogP contribution in [0.15, 0.2) is 41.4 Å². The molecule has 0 aromatic heterocycles. The molecule has 134 valence electrons. The Balaban J connectivity index is 0.00000288. The van der Waals surface area contributed by atoms with E-state index in [1.807, 2.05) is 0 Å². The average Bonchev–Trinajstić information content (AvgIpc) is 3.07. The van der Waals surface area contributed by atoms with E-state index in [0.29, 0.717) is 18.5 Å². The molecule has 1 aromatic carbocycles. The highest BCUT2D eigenvalue weighted by atomic mass is 127. The van der Waals surface area contributed by atoms with Crippen molar-refractivity contribution in [2.45, 2.75) is 40.3 Å². The Hall–Kier alpha value is -1.24. The molecule has 24 heavy (non-hydrogen) atoms. The lowest BCUT2D eigenvalue weighted by molar-refractivity contribution is 0.481. The van der Waals surface area contributed by atoms with Gasteiger partial charge < -0.3 is 15.5 Å². The largest absolute Gasteiger partial charge is 0.364 e. The summed E-state index contributed by atoms with van der Waals surface area (Å²) in [4.78, 5) is 7.05. The Labute approximate surface area is 163 Å². The summed E-state index contributed by atoms with van der Waals surface area (Å²) in [5, 5.41) is 6.78. The van der Waals surface area contributed by atoms with Crippen LogP contribution < -0.4 is 15.5 Å². The van der Waals surface area contributed by atoms with Gasteiger partial charge in [-0.25, -0.2) is 4.99 Å². The Kier molecular flexibility index (Phi) is 9.18. The molecule has 1 atom stereocenters. The minimum Gasteiger partial charge on any atom is -0.364 e. The van der Waals surface area contributed by atoms with Crippen molar-refractivity contribution >= 4 is 35.6 Å². The van der Waals surface area contributed by atoms with Crippen molar-refractivity contribution in [3.63, 3.8) is 0 Å². The van der Waals surface area contributed by atoms with E-state index in [9.17, 15) is 0 Å². The summed E-state index contributed by atoms with van der Waals surface area (Å²) in [6.07, 6.45) is 4.42. The third-order valence-electron chi connectivity index (χ3n) is 4.25. The lowest BCUT2D eigenvalue weighted by Gasteiger charge is -2.21. The molecule has 1 aliphatic heterocycles. The molecule has 0 amide bonds. The number of nitrogens with zero attached hydrogens (tertiary/aromatic N) is 2. The fourth-order valence-electron chi connectivity index (χ4n) is 2.37. The molecule has 1 heterocycles. The Morgan fingerprint density at radius 1 is 1.12 bits per heavy atom. The number of rotatable bonds is 6. The molecule has 1 aromatic rings. The molecule has 4 nitrogen and oxygen atoms in total. The molecular formula is C19H31IN4. The minimum atomic E-state index is 0. The van der Waals surface area contributed by atoms with Crippen molar-refractivity contribution in [1.29, 1.82) is 0 Å². The van der Waals surface area contributed by atoms with Gasteiger partial charge in [0, 0.05) is 31.4 Å². The first-order valence-electron chi connectivity index (χ1n) is 8.64. The second kappa shape index (κ2) is 10.6. The zero-order valence-electron chi connectivity index (χ0n) is 15.2. The van der Waals surface area contributed by atoms with Crippen LogP contribution in [-0.2, 0) is 6.54 Å². The Bertz CT molecular complexity index is 529. The van der Waals surface area contributed by atoms with Crippen LogP contribution in [0, 0.1) is 5.92 Å². The Morgan fingerprint density at radius 3 is 2.29 bits per heavy atom. The molecule has 0 saturated carbocycles. The second-order valence-corrected chi connectivity index (χ2v) is 6.42. The molecule has 0 fully saturated rings. The maximum atomic E-state index is 4.70. The van der Waals surface area contributed by atoms with Crippen molar-refractivity contribution in [2.75, 3.05) is 24.5 Å². The van der Waals surface area contributed by atoms with Crippen LogP contribution in [0.5, 0.6) is 0 Å². The van der Waals surface area contributed by atoms with E-state index in [1.54, 1.807) is 0 Å². The highest BCUT2D eigenvalue weighted by Gasteiger charge is 2.09. The first-order chi connectivity index (χ1) is 11.1. The number of benzene rings is 1. The molecule has 5 heteroatoms. The van der Waals surface area contributed by atoms with Crippen LogP contribution in [0.3, 0.4) is 0 Å². The van der Waals surface area contributed by atoms with E-state index in [4.69, 9.17) is 4.99 Å². The highest BCUT2D eigenvalue weighted by molar-refractivity contribution is 14.0. The number of hydrogen-bond acceptors (Lipinski definition) is 2. The maximum Gasteiger partial charge on any atom is 0.191 e. The van der Waals surface area contributed by atoms with Gasteiger partial charge in [-0.2, -0.15) is 0 Å². The van der Waals surface area contributed by atoms with Gasteiger partial charge in [-0.1, -0.05) is 38.1 Å². The maximum absolute atomic E-state index is 4.70. The number of anilines is 1. The smallest absolute Gasteiger partial charge is 0.191 e. The third-order valence-corrected chi connectivity index (χ3v) is 4.25. The summed E-state index contributed by atoms with van der Waals surface area (Å²) in [6, 6.07) is 9.13. The number of halogens is 1. The molecule has 2 rings (SSSR count). The van der Waals surface area contributed by atoms with Crippen LogP contribution in [0.1, 0.15) is 33.3 Å². The topological polar surface area (TPSA) is 39.7 Å². The van der Waals surface area contributed by atoms with E-state index in [1.165, 1.54) is 11.3 Å². The molecule has 0 saturated heterocycles. The number of nitrogens with one attached hydrogen (secondary N) is 2. The fourth-order valence-corrected chi connectivity index (χ4v) is 2.37. The molecule has 0 spiro atoms. The first-order valence-corrected chi connectivity index (χ1v) is 8.64. The van der Waals surface area contributed by atoms with Gasteiger partial charge >= 0.3 is 0 Å². The predicted molar refractivity (Wildman–Crippen MR) is 115 cm³/mol. The predicted octanol–water partition coefficient (Wildman–Crippen LogP) is 3.78. The van der Waals surface area contributed by atoms with Gasteiger partial charge in [-0.3, -0.25) is 0 Å². The van der Waals surface area contributed by atoms with Crippen molar-refractivity contribution in [2.24, 2.45) is 10.9 Å². The first kappa shape index (κ1) is 20.8. The molecule has 1 unspecified atom stereocenters. The van der Waals surface area contributed by atoms with Gasteiger partial charge in [0.2, 0.25) is 0 Å². The monoisotopic (exact) mass is 442 g/mol. The normalized spacial score (nSPS) is 15.4. The molecule has 0 aliphatic carbocycles. The van der Waals surface area contributed by atoms with Crippen molar-refractivity contribution in [1.82, 2.24) is 10.6 Å². The van der Waals surface area contributed by atoms with Gasteiger partial charge in [0.05, 0.1) is 6.54 Å². The summed E-state index contributed by atoms with van der Waals surface area (Å²) in [7, 11) is 0. The summed E-state index contributed by atoms with van der Waals surface area (Å²) in [5.74, 6) is 1.47. The van der Waals surface area contributed by atoms with Gasteiger partial charge in [-0.15, -0.1) is 24.0 Å². The summed E-state index contributed by atoms with van der Waals surface area (Å²) >= 11 is 0. The summed E-state index contributed by atoms with van der Waals surface area (Å²) < 4.78 is 0. The van der Waals surface area contributed by atoms with Crippen molar-refractivity contribution < 1.29 is 0 Å². The van der Waals surface area contributed by atoms with E-state index in [-0.39, 0.29) is 24.0 Å². The van der Waals surface area contributed by atoms with Gasteiger partial charge in [-0.05, 0) is 37.5 Å². The SMILES string of the molecule is CCNC(=NCc1ccc(N2CC=CC2)cc1)NC(C)C(C)C.I. The lowest BCUT2D eigenvalue weighted by Crippen LogP contribution is -2.44. The third kappa shape index (κ3) is 6.34. The molecule has 0 bridgehead atoms. The number of aliphatic imine (C=N–C) groups is 1. The van der Waals surface area contributed by atoms with Gasteiger partial charge in [0.15, 0.2) is 5.96 Å². The number of guanidine groups is 1. The van der Waals surface area contributed by atoms with E-state index in [0.717, 1.165) is 25.6 Å². The molecular weight excluding hydrogens is 411 g/mol. The lowest BCUT2D eigenvalue weighted by atomic mass is 10.1. The van der Waals surface area contributed by atoms with Crippen LogP contribution >= 0.6 is 24.0 Å². The van der Waals surface area contributed by atoms with Crippen LogP contribution in [-0.4, -0.2) is 31.6 Å². The highest BCUT2D eigenvalue weighted by Crippen LogP contribution is 2.17. The van der Waals surface area contributed by atoms with Crippen molar-refractivity contribution in [3.8, 4) is 0 Å². The summed E-state index contributed by atoms with van der Waals surface area (Å²) in [6.45, 7) is 12.3. The average molecular weight is 442 g/mol.